The van der Waals surface area contributed by atoms with E-state index in [4.69, 9.17) is 5.73 Å². The quantitative estimate of drug-likeness (QED) is 0.630. The van der Waals surface area contributed by atoms with E-state index in [2.05, 4.69) is 20.8 Å². The molecule has 3 saturated carbocycles. The summed E-state index contributed by atoms with van der Waals surface area (Å²) < 4.78 is 0. The second-order valence-electron chi connectivity index (χ2n) is 5.38. The highest BCUT2D eigenvalue weighted by Crippen LogP contribution is 2.68. The van der Waals surface area contributed by atoms with Crippen LogP contribution in [0.15, 0.2) is 0 Å². The highest BCUT2D eigenvalue weighted by Gasteiger charge is 2.66. The van der Waals surface area contributed by atoms with Crippen molar-refractivity contribution in [1.29, 1.82) is 0 Å². The van der Waals surface area contributed by atoms with Gasteiger partial charge < -0.3 is 5.73 Å². The summed E-state index contributed by atoms with van der Waals surface area (Å²) in [5, 5.41) is 0. The molecule has 0 aromatic heterocycles. The van der Waals surface area contributed by atoms with Crippen LogP contribution < -0.4 is 5.73 Å². The lowest BCUT2D eigenvalue weighted by molar-refractivity contribution is -0.207. The third-order valence-electron chi connectivity index (χ3n) is 3.72. The van der Waals surface area contributed by atoms with Gasteiger partial charge in [-0.25, -0.2) is 0 Å². The zero-order chi connectivity index (χ0) is 9.09. The number of primary amides is 1. The minimum absolute atomic E-state index is 0.0725. The van der Waals surface area contributed by atoms with Crippen molar-refractivity contribution in [3.63, 3.8) is 0 Å². The van der Waals surface area contributed by atoms with Crippen molar-refractivity contribution < 1.29 is 4.79 Å². The molecule has 2 heteroatoms. The average Bonchev–Trinajstić information content (AvgIpc) is 1.44. The molecule has 68 valence electrons. The van der Waals surface area contributed by atoms with Gasteiger partial charge >= 0.3 is 0 Å². The highest BCUT2D eigenvalue weighted by molar-refractivity contribution is 5.80. The van der Waals surface area contributed by atoms with Crippen molar-refractivity contribution in [3.8, 4) is 0 Å². The Kier molecular flexibility index (Phi) is 1.37. The Bertz CT molecular complexity index is 218. The first-order chi connectivity index (χ1) is 5.43. The van der Waals surface area contributed by atoms with Crippen LogP contribution in [0.25, 0.3) is 0 Å². The first-order valence-corrected chi connectivity index (χ1v) is 4.72. The third kappa shape index (κ3) is 0.782. The fourth-order valence-electron chi connectivity index (χ4n) is 3.15. The van der Waals surface area contributed by atoms with Gasteiger partial charge in [-0.05, 0) is 29.6 Å². The predicted molar refractivity (Wildman–Crippen MR) is 47.2 cm³/mol. The molecule has 0 saturated heterocycles. The first-order valence-electron chi connectivity index (χ1n) is 4.72. The molecule has 0 spiro atoms. The molecule has 12 heavy (non-hydrogen) atoms. The molecule has 3 aliphatic carbocycles. The molecule has 3 fully saturated rings. The molecule has 2 nitrogen and oxygen atoms in total. The molecule has 3 aliphatic rings. The lowest BCUT2D eigenvalue weighted by Crippen LogP contribution is -2.67. The molecule has 2 bridgehead atoms. The van der Waals surface area contributed by atoms with Crippen LogP contribution in [0.4, 0.5) is 0 Å². The van der Waals surface area contributed by atoms with Crippen LogP contribution in [-0.4, -0.2) is 5.91 Å². The van der Waals surface area contributed by atoms with Crippen molar-refractivity contribution in [3.05, 3.63) is 0 Å². The Morgan fingerprint density at radius 2 is 1.83 bits per heavy atom. The fraction of sp³-hybridized carbons (Fsp3) is 0.900. The Morgan fingerprint density at radius 1 is 1.33 bits per heavy atom. The Labute approximate surface area is 73.5 Å². The summed E-state index contributed by atoms with van der Waals surface area (Å²) in [7, 11) is 0. The normalized spacial score (nSPS) is 44.6. The van der Waals surface area contributed by atoms with Gasteiger partial charge in [-0.3, -0.25) is 4.79 Å². The van der Waals surface area contributed by atoms with E-state index >= 15 is 0 Å². The maximum absolute atomic E-state index is 10.9. The van der Waals surface area contributed by atoms with Crippen molar-refractivity contribution in [1.82, 2.24) is 0 Å². The van der Waals surface area contributed by atoms with E-state index in [0.717, 1.165) is 5.92 Å². The SMILES string of the molecule is CC(C)(C)C1C2CC1C2C(N)=O. The number of amides is 1. The van der Waals surface area contributed by atoms with Crippen molar-refractivity contribution in [2.75, 3.05) is 0 Å². The molecular weight excluding hydrogens is 150 g/mol. The van der Waals surface area contributed by atoms with Crippen LogP contribution >= 0.6 is 0 Å². The van der Waals surface area contributed by atoms with Crippen molar-refractivity contribution >= 4 is 5.91 Å². The second kappa shape index (κ2) is 2.04. The largest absolute Gasteiger partial charge is 0.369 e. The first kappa shape index (κ1) is 8.09. The molecule has 0 aromatic rings. The predicted octanol–water partition coefficient (Wildman–Crippen LogP) is 1.40. The average molecular weight is 167 g/mol. The molecule has 0 aromatic carbocycles. The summed E-state index contributed by atoms with van der Waals surface area (Å²) in [6.45, 7) is 6.77. The topological polar surface area (TPSA) is 43.1 Å². The monoisotopic (exact) mass is 167 g/mol. The number of hydrogen-bond donors (Lipinski definition) is 1. The minimum atomic E-state index is -0.0725. The molecule has 0 heterocycles. The van der Waals surface area contributed by atoms with Crippen LogP contribution in [0.1, 0.15) is 27.2 Å². The summed E-state index contributed by atoms with van der Waals surface area (Å²) in [6, 6.07) is 0. The van der Waals surface area contributed by atoms with E-state index in [0.29, 0.717) is 17.3 Å². The molecule has 2 unspecified atom stereocenters. The number of rotatable bonds is 1. The number of carbonyl (C=O) groups excluding carboxylic acids is 1. The summed E-state index contributed by atoms with van der Waals surface area (Å²) in [6.07, 6.45) is 1.25. The number of hydrogen-bond acceptors (Lipinski definition) is 1. The van der Waals surface area contributed by atoms with Gasteiger partial charge in [0.05, 0.1) is 0 Å². The van der Waals surface area contributed by atoms with Crippen LogP contribution in [0.3, 0.4) is 0 Å². The maximum atomic E-state index is 10.9. The zero-order valence-corrected chi connectivity index (χ0v) is 8.00. The lowest BCUT2D eigenvalue weighted by Gasteiger charge is -2.67. The summed E-state index contributed by atoms with van der Waals surface area (Å²) in [4.78, 5) is 10.9. The molecule has 2 N–H and O–H groups in total. The van der Waals surface area contributed by atoms with Gasteiger partial charge in [0.1, 0.15) is 0 Å². The molecule has 0 aliphatic heterocycles. The van der Waals surface area contributed by atoms with Gasteiger partial charge in [0.25, 0.3) is 0 Å². The Hall–Kier alpha value is -0.530. The lowest BCUT2D eigenvalue weighted by atomic mass is 9.36. The second-order valence-corrected chi connectivity index (χ2v) is 5.38. The van der Waals surface area contributed by atoms with Gasteiger partial charge in [0.2, 0.25) is 5.91 Å². The third-order valence-corrected chi connectivity index (χ3v) is 3.72. The molecule has 0 radical (unpaired) electrons. The highest BCUT2D eigenvalue weighted by atomic mass is 16.1. The van der Waals surface area contributed by atoms with E-state index < -0.39 is 0 Å². The standard InChI is InChI=1S/C10H17NO/c1-10(2,3)8-5-4-6(8)7(5)9(11)12/h5-8H,4H2,1-3H3,(H2,11,12). The Morgan fingerprint density at radius 3 is 2.08 bits per heavy atom. The van der Waals surface area contributed by atoms with Gasteiger partial charge in [0, 0.05) is 5.92 Å². The number of nitrogens with two attached hydrogens (primary N) is 1. The smallest absolute Gasteiger partial charge is 0.221 e. The molecular formula is C10H17NO. The van der Waals surface area contributed by atoms with E-state index in [9.17, 15) is 4.79 Å². The van der Waals surface area contributed by atoms with Gasteiger partial charge in [-0.15, -0.1) is 0 Å². The van der Waals surface area contributed by atoms with E-state index in [1.54, 1.807) is 0 Å². The van der Waals surface area contributed by atoms with Gasteiger partial charge in [0.15, 0.2) is 0 Å². The summed E-state index contributed by atoms with van der Waals surface area (Å²) in [5.74, 6) is 2.15. The van der Waals surface area contributed by atoms with Crippen LogP contribution in [0.5, 0.6) is 0 Å². The van der Waals surface area contributed by atoms with Gasteiger partial charge in [-0.1, -0.05) is 20.8 Å². The number of carbonyl (C=O) groups is 1. The molecule has 1 amide bonds. The zero-order valence-electron chi connectivity index (χ0n) is 8.00. The van der Waals surface area contributed by atoms with E-state index in [-0.39, 0.29) is 11.8 Å². The summed E-state index contributed by atoms with van der Waals surface area (Å²) in [5.41, 5.74) is 5.66. The minimum Gasteiger partial charge on any atom is -0.369 e. The fourth-order valence-corrected chi connectivity index (χ4v) is 3.15. The Balaban J connectivity index is 2.02. The van der Waals surface area contributed by atoms with Gasteiger partial charge in [-0.2, -0.15) is 0 Å². The van der Waals surface area contributed by atoms with Crippen LogP contribution in [0, 0.1) is 29.1 Å². The van der Waals surface area contributed by atoms with E-state index in [1.807, 2.05) is 0 Å². The van der Waals surface area contributed by atoms with Crippen LogP contribution in [-0.2, 0) is 4.79 Å². The molecule has 2 atom stereocenters. The van der Waals surface area contributed by atoms with E-state index in [1.165, 1.54) is 6.42 Å². The van der Waals surface area contributed by atoms with Crippen molar-refractivity contribution in [2.24, 2.45) is 34.8 Å². The van der Waals surface area contributed by atoms with Crippen molar-refractivity contribution in [2.45, 2.75) is 27.2 Å². The van der Waals surface area contributed by atoms with Crippen LogP contribution in [0.2, 0.25) is 0 Å². The maximum Gasteiger partial charge on any atom is 0.221 e. The summed E-state index contributed by atoms with van der Waals surface area (Å²) >= 11 is 0. The molecule has 3 rings (SSSR count).